The van der Waals surface area contributed by atoms with E-state index in [9.17, 15) is 4.39 Å². The third kappa shape index (κ3) is 3.16. The van der Waals surface area contributed by atoms with E-state index in [4.69, 9.17) is 0 Å². The molecule has 1 aromatic heterocycles. The Kier molecular flexibility index (Phi) is 4.78. The maximum absolute atomic E-state index is 14.5. The number of hydrogen-bond acceptors (Lipinski definition) is 2. The molecule has 1 unspecified atom stereocenters. The summed E-state index contributed by atoms with van der Waals surface area (Å²) in [6.45, 7) is 11.0. The van der Waals surface area contributed by atoms with Crippen LogP contribution in [-0.4, -0.2) is 16.3 Å². The summed E-state index contributed by atoms with van der Waals surface area (Å²) in [6, 6.07) is 5.54. The minimum atomic E-state index is -0.233. The molecule has 3 nitrogen and oxygen atoms in total. The molecule has 4 heteroatoms. The van der Waals surface area contributed by atoms with Crippen molar-refractivity contribution in [2.45, 2.75) is 47.1 Å². The van der Waals surface area contributed by atoms with Crippen molar-refractivity contribution < 1.29 is 4.39 Å². The van der Waals surface area contributed by atoms with Crippen molar-refractivity contribution in [3.05, 3.63) is 46.5 Å². The molecule has 1 N–H and O–H groups in total. The van der Waals surface area contributed by atoms with Crippen molar-refractivity contribution in [2.75, 3.05) is 6.54 Å². The zero-order valence-electron chi connectivity index (χ0n) is 13.5. The van der Waals surface area contributed by atoms with E-state index in [1.165, 1.54) is 0 Å². The lowest BCUT2D eigenvalue weighted by Crippen LogP contribution is -2.19. The van der Waals surface area contributed by atoms with E-state index in [2.05, 4.69) is 24.3 Å². The van der Waals surface area contributed by atoms with Crippen molar-refractivity contribution in [3.8, 4) is 5.69 Å². The standard InChI is InChI=1S/C17H24FN3/c1-6-9-19-13(4)15-7-8-17(16(18)10-15)21-14(5)11(2)12(3)20-21/h7-8,10,13,19H,6,9H2,1-5H3. The molecule has 0 aliphatic carbocycles. The minimum Gasteiger partial charge on any atom is -0.310 e. The van der Waals surface area contributed by atoms with Gasteiger partial charge in [-0.25, -0.2) is 9.07 Å². The van der Waals surface area contributed by atoms with Crippen LogP contribution in [0.25, 0.3) is 5.69 Å². The molecule has 114 valence electrons. The fourth-order valence-electron chi connectivity index (χ4n) is 2.40. The first kappa shape index (κ1) is 15.7. The number of nitrogens with one attached hydrogen (secondary N) is 1. The van der Waals surface area contributed by atoms with E-state index in [0.29, 0.717) is 5.69 Å². The van der Waals surface area contributed by atoms with Crippen molar-refractivity contribution in [1.82, 2.24) is 15.1 Å². The molecule has 0 aliphatic heterocycles. The van der Waals surface area contributed by atoms with Gasteiger partial charge in [0.1, 0.15) is 11.5 Å². The van der Waals surface area contributed by atoms with Crippen molar-refractivity contribution >= 4 is 0 Å². The summed E-state index contributed by atoms with van der Waals surface area (Å²) in [7, 11) is 0. The van der Waals surface area contributed by atoms with Gasteiger partial charge in [-0.1, -0.05) is 13.0 Å². The molecule has 0 amide bonds. The van der Waals surface area contributed by atoms with Gasteiger partial charge >= 0.3 is 0 Å². The van der Waals surface area contributed by atoms with Gasteiger partial charge < -0.3 is 5.32 Å². The predicted molar refractivity (Wildman–Crippen MR) is 84.4 cm³/mol. The number of halogens is 1. The average molecular weight is 289 g/mol. The van der Waals surface area contributed by atoms with Crippen LogP contribution < -0.4 is 5.32 Å². The van der Waals surface area contributed by atoms with Gasteiger partial charge in [-0.15, -0.1) is 0 Å². The van der Waals surface area contributed by atoms with Crippen LogP contribution in [0.4, 0.5) is 4.39 Å². The van der Waals surface area contributed by atoms with Crippen LogP contribution in [0.1, 0.15) is 48.8 Å². The first-order chi connectivity index (χ1) is 9.95. The number of aromatic nitrogens is 2. The first-order valence-corrected chi connectivity index (χ1v) is 7.51. The summed E-state index contributed by atoms with van der Waals surface area (Å²) in [4.78, 5) is 0. The Morgan fingerprint density at radius 3 is 2.52 bits per heavy atom. The molecular formula is C17H24FN3. The zero-order valence-corrected chi connectivity index (χ0v) is 13.5. The van der Waals surface area contributed by atoms with Gasteiger partial charge in [0.2, 0.25) is 0 Å². The molecule has 2 rings (SSSR count). The van der Waals surface area contributed by atoms with Gasteiger partial charge in [-0.05, 0) is 63.9 Å². The van der Waals surface area contributed by atoms with Crippen LogP contribution in [-0.2, 0) is 0 Å². The van der Waals surface area contributed by atoms with Gasteiger partial charge in [0, 0.05) is 11.7 Å². The monoisotopic (exact) mass is 289 g/mol. The summed E-state index contributed by atoms with van der Waals surface area (Å²) in [5, 5.41) is 7.80. The number of rotatable bonds is 5. The lowest BCUT2D eigenvalue weighted by Gasteiger charge is -2.15. The van der Waals surface area contributed by atoms with Crippen LogP contribution in [0.15, 0.2) is 18.2 Å². The number of aryl methyl sites for hydroxylation is 1. The molecule has 1 aromatic carbocycles. The molecule has 0 saturated carbocycles. The second kappa shape index (κ2) is 6.39. The average Bonchev–Trinajstić information content (AvgIpc) is 2.72. The molecule has 1 heterocycles. The SMILES string of the molecule is CCCNC(C)c1ccc(-n2nc(C)c(C)c2C)c(F)c1. The maximum Gasteiger partial charge on any atom is 0.149 e. The normalized spacial score (nSPS) is 12.7. The minimum absolute atomic E-state index is 0.149. The molecule has 0 radical (unpaired) electrons. The van der Waals surface area contributed by atoms with Gasteiger partial charge in [0.25, 0.3) is 0 Å². The van der Waals surface area contributed by atoms with E-state index in [1.807, 2.05) is 32.9 Å². The van der Waals surface area contributed by atoms with Gasteiger partial charge in [0.15, 0.2) is 0 Å². The molecule has 1 atom stereocenters. The van der Waals surface area contributed by atoms with Crippen LogP contribution in [0, 0.1) is 26.6 Å². The fraction of sp³-hybridized carbons (Fsp3) is 0.471. The summed E-state index contributed by atoms with van der Waals surface area (Å²) < 4.78 is 16.1. The van der Waals surface area contributed by atoms with Gasteiger partial charge in [-0.3, -0.25) is 0 Å². The molecule has 2 aromatic rings. The first-order valence-electron chi connectivity index (χ1n) is 7.51. The Balaban J connectivity index is 2.33. The van der Waals surface area contributed by atoms with Crippen molar-refractivity contribution in [2.24, 2.45) is 0 Å². The van der Waals surface area contributed by atoms with E-state index in [1.54, 1.807) is 10.7 Å². The molecule has 0 saturated heterocycles. The Hall–Kier alpha value is -1.68. The predicted octanol–water partition coefficient (Wildman–Crippen LogP) is 4.00. The lowest BCUT2D eigenvalue weighted by molar-refractivity contribution is 0.559. The molecule has 0 fully saturated rings. The molecule has 0 spiro atoms. The third-order valence-corrected chi connectivity index (χ3v) is 4.05. The van der Waals surface area contributed by atoms with Gasteiger partial charge in [0.05, 0.1) is 5.69 Å². The molecule has 0 aliphatic rings. The summed E-state index contributed by atoms with van der Waals surface area (Å²) in [5.41, 5.74) is 4.50. The van der Waals surface area contributed by atoms with Crippen LogP contribution >= 0.6 is 0 Å². The highest BCUT2D eigenvalue weighted by atomic mass is 19.1. The Morgan fingerprint density at radius 2 is 2.00 bits per heavy atom. The highest BCUT2D eigenvalue weighted by molar-refractivity contribution is 5.40. The Morgan fingerprint density at radius 1 is 1.29 bits per heavy atom. The number of nitrogens with zero attached hydrogens (tertiary/aromatic N) is 2. The quantitative estimate of drug-likeness (QED) is 0.901. The van der Waals surface area contributed by atoms with Crippen LogP contribution in [0.3, 0.4) is 0 Å². The number of benzene rings is 1. The summed E-state index contributed by atoms with van der Waals surface area (Å²) >= 11 is 0. The lowest BCUT2D eigenvalue weighted by atomic mass is 10.1. The third-order valence-electron chi connectivity index (χ3n) is 4.05. The van der Waals surface area contributed by atoms with Crippen molar-refractivity contribution in [1.29, 1.82) is 0 Å². The van der Waals surface area contributed by atoms with E-state index >= 15 is 0 Å². The second-order valence-corrected chi connectivity index (χ2v) is 5.59. The second-order valence-electron chi connectivity index (χ2n) is 5.59. The Bertz CT molecular complexity index is 631. The van der Waals surface area contributed by atoms with Crippen LogP contribution in [0.2, 0.25) is 0 Å². The van der Waals surface area contributed by atoms with Crippen molar-refractivity contribution in [3.63, 3.8) is 0 Å². The maximum atomic E-state index is 14.5. The Labute approximate surface area is 126 Å². The molecule has 0 bridgehead atoms. The zero-order chi connectivity index (χ0) is 15.6. The topological polar surface area (TPSA) is 29.9 Å². The summed E-state index contributed by atoms with van der Waals surface area (Å²) in [5.74, 6) is -0.233. The fourth-order valence-corrected chi connectivity index (χ4v) is 2.40. The molecule has 21 heavy (non-hydrogen) atoms. The van der Waals surface area contributed by atoms with E-state index in [-0.39, 0.29) is 11.9 Å². The smallest absolute Gasteiger partial charge is 0.149 e. The molecular weight excluding hydrogens is 265 g/mol. The van der Waals surface area contributed by atoms with E-state index in [0.717, 1.165) is 35.5 Å². The van der Waals surface area contributed by atoms with E-state index < -0.39 is 0 Å². The van der Waals surface area contributed by atoms with Gasteiger partial charge in [-0.2, -0.15) is 5.10 Å². The largest absolute Gasteiger partial charge is 0.310 e. The summed E-state index contributed by atoms with van der Waals surface area (Å²) in [6.07, 6.45) is 1.07. The van der Waals surface area contributed by atoms with Crippen LogP contribution in [0.5, 0.6) is 0 Å². The highest BCUT2D eigenvalue weighted by Crippen LogP contribution is 2.22. The number of hydrogen-bond donors (Lipinski definition) is 1. The highest BCUT2D eigenvalue weighted by Gasteiger charge is 2.14.